The average Bonchev–Trinajstić information content (AvgIpc) is 2.90. The summed E-state index contributed by atoms with van der Waals surface area (Å²) in [6.45, 7) is 0.226. The van der Waals surface area contributed by atoms with E-state index in [-0.39, 0.29) is 17.8 Å². The number of rotatable bonds is 4. The molecule has 1 heterocycles. The molecule has 0 radical (unpaired) electrons. The zero-order valence-corrected chi connectivity index (χ0v) is 10.2. The lowest BCUT2D eigenvalue weighted by Crippen LogP contribution is -2.11. The Hall–Kier alpha value is -1.90. The van der Waals surface area contributed by atoms with Crippen molar-refractivity contribution in [2.75, 3.05) is 11.9 Å². The molecule has 0 bridgehead atoms. The highest BCUT2D eigenvalue weighted by Crippen LogP contribution is 2.21. The van der Waals surface area contributed by atoms with Crippen LogP contribution in [0.1, 0.15) is 16.5 Å². The monoisotopic (exact) mass is 262 g/mol. The summed E-state index contributed by atoms with van der Waals surface area (Å²) in [6, 6.07) is 9.74. The van der Waals surface area contributed by atoms with E-state index < -0.39 is 11.9 Å². The van der Waals surface area contributed by atoms with Gasteiger partial charge in [0.2, 0.25) is 0 Å². The quantitative estimate of drug-likeness (QED) is 0.890. The third kappa shape index (κ3) is 2.86. The van der Waals surface area contributed by atoms with E-state index in [1.807, 2.05) is 23.6 Å². The zero-order valence-electron chi connectivity index (χ0n) is 9.43. The molecule has 0 amide bonds. The van der Waals surface area contributed by atoms with Crippen LogP contribution in [-0.4, -0.2) is 11.7 Å². The minimum absolute atomic E-state index is 0.226. The maximum Gasteiger partial charge on any atom is 0.147 e. The minimum Gasteiger partial charge on any atom is -0.386 e. The summed E-state index contributed by atoms with van der Waals surface area (Å²) in [5.41, 5.74) is 0.557. The SMILES string of the molecule is N#Cc1ccc(NCC(O)c2cccs2)c(F)c1. The lowest BCUT2D eigenvalue weighted by molar-refractivity contribution is 0.195. The highest BCUT2D eigenvalue weighted by atomic mass is 32.1. The highest BCUT2D eigenvalue weighted by Gasteiger charge is 2.09. The standard InChI is InChI=1S/C13H11FN2OS/c14-10-6-9(7-15)3-4-11(10)16-8-12(17)13-2-1-5-18-13/h1-6,12,16-17H,8H2. The maximum atomic E-state index is 13.5. The summed E-state index contributed by atoms with van der Waals surface area (Å²) >= 11 is 1.45. The highest BCUT2D eigenvalue weighted by molar-refractivity contribution is 7.10. The van der Waals surface area contributed by atoms with Crippen LogP contribution in [0.2, 0.25) is 0 Å². The minimum atomic E-state index is -0.667. The van der Waals surface area contributed by atoms with E-state index in [0.29, 0.717) is 0 Å². The first-order valence-electron chi connectivity index (χ1n) is 5.35. The molecule has 0 aliphatic rings. The van der Waals surface area contributed by atoms with Gasteiger partial charge in [-0.25, -0.2) is 4.39 Å². The molecule has 2 N–H and O–H groups in total. The Bertz CT molecular complexity index is 563. The largest absolute Gasteiger partial charge is 0.386 e. The van der Waals surface area contributed by atoms with Crippen molar-refractivity contribution in [3.8, 4) is 6.07 Å². The summed E-state index contributed by atoms with van der Waals surface area (Å²) in [7, 11) is 0. The van der Waals surface area contributed by atoms with Crippen molar-refractivity contribution in [1.82, 2.24) is 0 Å². The molecule has 1 aromatic carbocycles. The Balaban J connectivity index is 2.00. The van der Waals surface area contributed by atoms with Crippen molar-refractivity contribution < 1.29 is 9.50 Å². The Labute approximate surface area is 108 Å². The van der Waals surface area contributed by atoms with Gasteiger partial charge in [-0.15, -0.1) is 11.3 Å². The summed E-state index contributed by atoms with van der Waals surface area (Å²) in [4.78, 5) is 0.830. The van der Waals surface area contributed by atoms with Crippen LogP contribution in [0.5, 0.6) is 0 Å². The molecule has 0 saturated carbocycles. The van der Waals surface area contributed by atoms with Gasteiger partial charge in [-0.3, -0.25) is 0 Å². The molecular formula is C13H11FN2OS. The predicted octanol–water partition coefficient (Wildman–Crippen LogP) is 2.90. The van der Waals surface area contributed by atoms with Crippen LogP contribution in [0, 0.1) is 17.1 Å². The van der Waals surface area contributed by atoms with E-state index in [2.05, 4.69) is 5.32 Å². The van der Waals surface area contributed by atoms with Gasteiger partial charge in [0.15, 0.2) is 0 Å². The van der Waals surface area contributed by atoms with Gasteiger partial charge >= 0.3 is 0 Å². The van der Waals surface area contributed by atoms with Gasteiger partial charge in [0.25, 0.3) is 0 Å². The number of aliphatic hydroxyl groups excluding tert-OH is 1. The number of hydrogen-bond donors (Lipinski definition) is 2. The molecule has 3 nitrogen and oxygen atoms in total. The molecular weight excluding hydrogens is 251 g/mol. The second-order valence-electron chi connectivity index (χ2n) is 3.72. The molecule has 1 unspecified atom stereocenters. The van der Waals surface area contributed by atoms with E-state index in [1.165, 1.54) is 29.5 Å². The number of benzene rings is 1. The van der Waals surface area contributed by atoms with E-state index in [1.54, 1.807) is 0 Å². The van der Waals surface area contributed by atoms with Crippen molar-refractivity contribution in [1.29, 1.82) is 5.26 Å². The Morgan fingerprint density at radius 1 is 1.44 bits per heavy atom. The number of aliphatic hydroxyl groups is 1. The molecule has 18 heavy (non-hydrogen) atoms. The van der Waals surface area contributed by atoms with E-state index in [4.69, 9.17) is 5.26 Å². The van der Waals surface area contributed by atoms with Crippen molar-refractivity contribution in [3.63, 3.8) is 0 Å². The fourth-order valence-electron chi connectivity index (χ4n) is 1.52. The Morgan fingerprint density at radius 3 is 2.89 bits per heavy atom. The van der Waals surface area contributed by atoms with Crippen molar-refractivity contribution in [2.45, 2.75) is 6.10 Å². The Kier molecular flexibility index (Phi) is 3.92. The smallest absolute Gasteiger partial charge is 0.147 e. The van der Waals surface area contributed by atoms with Crippen LogP contribution >= 0.6 is 11.3 Å². The van der Waals surface area contributed by atoms with Crippen molar-refractivity contribution >= 4 is 17.0 Å². The van der Waals surface area contributed by atoms with Crippen molar-refractivity contribution in [3.05, 3.63) is 52.0 Å². The van der Waals surface area contributed by atoms with Crippen molar-refractivity contribution in [2.24, 2.45) is 0 Å². The molecule has 0 saturated heterocycles. The van der Waals surface area contributed by atoms with Gasteiger partial charge in [0.05, 0.1) is 17.3 Å². The van der Waals surface area contributed by atoms with E-state index in [9.17, 15) is 9.50 Å². The molecule has 0 aliphatic carbocycles. The number of hydrogen-bond acceptors (Lipinski definition) is 4. The van der Waals surface area contributed by atoms with Gasteiger partial charge in [-0.05, 0) is 29.6 Å². The van der Waals surface area contributed by atoms with E-state index >= 15 is 0 Å². The second-order valence-corrected chi connectivity index (χ2v) is 4.70. The number of nitriles is 1. The van der Waals surface area contributed by atoms with Crippen LogP contribution in [0.15, 0.2) is 35.7 Å². The molecule has 5 heteroatoms. The number of anilines is 1. The fourth-order valence-corrected chi connectivity index (χ4v) is 2.23. The first kappa shape index (κ1) is 12.6. The second kappa shape index (κ2) is 5.63. The number of halogens is 1. The summed E-state index contributed by atoms with van der Waals surface area (Å²) < 4.78 is 13.5. The molecule has 0 spiro atoms. The summed E-state index contributed by atoms with van der Waals surface area (Å²) in [5, 5.41) is 23.2. The maximum absolute atomic E-state index is 13.5. The van der Waals surface area contributed by atoms with Gasteiger partial charge in [0.1, 0.15) is 11.9 Å². The Morgan fingerprint density at radius 2 is 2.28 bits per heavy atom. The lowest BCUT2D eigenvalue weighted by atomic mass is 10.2. The van der Waals surface area contributed by atoms with Gasteiger partial charge in [-0.1, -0.05) is 6.07 Å². The molecule has 0 aliphatic heterocycles. The number of nitrogens with zero attached hydrogens (tertiary/aromatic N) is 1. The van der Waals surface area contributed by atoms with Crippen LogP contribution < -0.4 is 5.32 Å². The van der Waals surface area contributed by atoms with Gasteiger partial charge < -0.3 is 10.4 Å². The first-order chi connectivity index (χ1) is 8.70. The molecule has 2 aromatic rings. The normalized spacial score (nSPS) is 11.8. The molecule has 1 aromatic heterocycles. The van der Waals surface area contributed by atoms with Crippen LogP contribution in [0.3, 0.4) is 0 Å². The predicted molar refractivity (Wildman–Crippen MR) is 68.9 cm³/mol. The van der Waals surface area contributed by atoms with Crippen LogP contribution in [0.25, 0.3) is 0 Å². The van der Waals surface area contributed by atoms with Crippen LogP contribution in [-0.2, 0) is 0 Å². The van der Waals surface area contributed by atoms with Gasteiger partial charge in [-0.2, -0.15) is 5.26 Å². The van der Waals surface area contributed by atoms with E-state index in [0.717, 1.165) is 4.88 Å². The van der Waals surface area contributed by atoms with Crippen LogP contribution in [0.4, 0.5) is 10.1 Å². The third-order valence-electron chi connectivity index (χ3n) is 2.46. The topological polar surface area (TPSA) is 56.0 Å². The first-order valence-corrected chi connectivity index (χ1v) is 6.23. The molecule has 0 fully saturated rings. The molecule has 1 atom stereocenters. The molecule has 92 valence electrons. The summed E-state index contributed by atoms with van der Waals surface area (Å²) in [6.07, 6.45) is -0.667. The number of nitrogens with one attached hydrogen (secondary N) is 1. The fraction of sp³-hybridized carbons (Fsp3) is 0.154. The molecule has 2 rings (SSSR count). The van der Waals surface area contributed by atoms with Gasteiger partial charge in [0, 0.05) is 11.4 Å². The summed E-state index contributed by atoms with van der Waals surface area (Å²) in [5.74, 6) is -0.493. The third-order valence-corrected chi connectivity index (χ3v) is 3.43. The number of thiophene rings is 1. The average molecular weight is 262 g/mol. The lowest BCUT2D eigenvalue weighted by Gasteiger charge is -2.12. The zero-order chi connectivity index (χ0) is 13.0.